The zero-order chi connectivity index (χ0) is 69.0. The van der Waals surface area contributed by atoms with Gasteiger partial charge in [-0.1, -0.05) is 347 Å². The molecule has 0 aliphatic carbocycles. The van der Waals surface area contributed by atoms with Gasteiger partial charge in [-0.25, -0.2) is 4.79 Å². The zero-order valence-electron chi connectivity index (χ0n) is 62.3. The van der Waals surface area contributed by atoms with Crippen LogP contribution in [0.4, 0.5) is 0 Å². The summed E-state index contributed by atoms with van der Waals surface area (Å²) in [6.45, 7) is 4.67. The van der Waals surface area contributed by atoms with Crippen LogP contribution in [0.1, 0.15) is 335 Å². The molecule has 0 aliphatic rings. The molecule has 2 atom stereocenters. The van der Waals surface area contributed by atoms with Gasteiger partial charge in [0, 0.05) is 12.8 Å². The van der Waals surface area contributed by atoms with E-state index in [2.05, 4.69) is 148 Å². The number of hydrogen-bond donors (Lipinski definition) is 1. The number of ether oxygens (including phenoxy) is 4. The van der Waals surface area contributed by atoms with Crippen LogP contribution in [0.25, 0.3) is 0 Å². The molecule has 9 heteroatoms. The molecule has 0 fully saturated rings. The minimum atomic E-state index is -1.52. The SMILES string of the molecule is CC/C=C\C/C=C\C/C=C\C/C=C\C/C=C\C/C=C\CCCCCCCCCCCCC(=O)OC(COC(=O)CCCCCCCCCCCCCCCCCCCCCCCCCCC/C=C\C/C=C\C/C=C\C/C=C\C/C=C\CC)COC(OCC[N+](C)(C)C)C(=O)O. The number of quaternary nitrogens is 1. The van der Waals surface area contributed by atoms with Crippen LogP contribution in [0.3, 0.4) is 0 Å². The minimum Gasteiger partial charge on any atom is -0.477 e. The lowest BCUT2D eigenvalue weighted by molar-refractivity contribution is -0.870. The van der Waals surface area contributed by atoms with Gasteiger partial charge in [-0.2, -0.15) is 0 Å². The van der Waals surface area contributed by atoms with E-state index in [0.717, 1.165) is 116 Å². The Morgan fingerprint density at radius 3 is 0.842 bits per heavy atom. The summed E-state index contributed by atoms with van der Waals surface area (Å²) in [5.74, 6) is -2.00. The van der Waals surface area contributed by atoms with Crippen molar-refractivity contribution in [2.24, 2.45) is 0 Å². The molecule has 0 bridgehead atoms. The maximum Gasteiger partial charge on any atom is 0.361 e. The van der Waals surface area contributed by atoms with E-state index in [1.54, 1.807) is 0 Å². The quantitative estimate of drug-likeness (QED) is 0.0211. The molecular weight excluding hydrogens is 1170 g/mol. The molecule has 0 aromatic heterocycles. The van der Waals surface area contributed by atoms with Gasteiger partial charge < -0.3 is 28.5 Å². The molecule has 544 valence electrons. The van der Waals surface area contributed by atoms with Crippen molar-refractivity contribution in [1.82, 2.24) is 0 Å². The number of carboxylic acids is 1. The number of nitrogens with zero attached hydrogens (tertiary/aromatic N) is 1. The molecule has 0 aromatic rings. The number of esters is 2. The minimum absolute atomic E-state index is 0.183. The van der Waals surface area contributed by atoms with Gasteiger partial charge in [-0.3, -0.25) is 9.59 Å². The molecule has 2 unspecified atom stereocenters. The molecule has 0 aliphatic heterocycles. The molecule has 0 aromatic carbocycles. The van der Waals surface area contributed by atoms with E-state index < -0.39 is 24.3 Å². The van der Waals surface area contributed by atoms with Crippen molar-refractivity contribution >= 4 is 17.9 Å². The molecule has 0 spiro atoms. The van der Waals surface area contributed by atoms with Crippen molar-refractivity contribution in [2.75, 3.05) is 47.5 Å². The van der Waals surface area contributed by atoms with Crippen molar-refractivity contribution < 1.29 is 42.9 Å². The van der Waals surface area contributed by atoms with Crippen LogP contribution in [-0.4, -0.2) is 87.4 Å². The van der Waals surface area contributed by atoms with Crippen LogP contribution in [0.5, 0.6) is 0 Å². The summed E-state index contributed by atoms with van der Waals surface area (Å²) in [5.41, 5.74) is 0. The first kappa shape index (κ1) is 90.4. The van der Waals surface area contributed by atoms with Crippen LogP contribution < -0.4 is 0 Å². The first-order chi connectivity index (χ1) is 46.6. The molecule has 0 saturated heterocycles. The van der Waals surface area contributed by atoms with Crippen molar-refractivity contribution in [2.45, 2.75) is 347 Å². The third-order valence-electron chi connectivity index (χ3n) is 16.9. The Hall–Kier alpha value is -4.57. The van der Waals surface area contributed by atoms with Gasteiger partial charge in [-0.15, -0.1) is 0 Å². The second-order valence-electron chi connectivity index (χ2n) is 27.3. The monoisotopic (exact) mass is 1320 g/mol. The van der Waals surface area contributed by atoms with E-state index >= 15 is 0 Å². The van der Waals surface area contributed by atoms with Gasteiger partial charge in [0.25, 0.3) is 6.29 Å². The maximum absolute atomic E-state index is 13.0. The lowest BCUT2D eigenvalue weighted by Gasteiger charge is -2.25. The van der Waals surface area contributed by atoms with Gasteiger partial charge >= 0.3 is 17.9 Å². The van der Waals surface area contributed by atoms with Crippen molar-refractivity contribution in [3.05, 3.63) is 134 Å². The summed E-state index contributed by atoms with van der Waals surface area (Å²) in [6, 6.07) is 0. The van der Waals surface area contributed by atoms with Crippen LogP contribution in [0.2, 0.25) is 0 Å². The second kappa shape index (κ2) is 75.2. The fourth-order valence-electron chi connectivity index (χ4n) is 11.0. The molecule has 1 N–H and O–H groups in total. The topological polar surface area (TPSA) is 108 Å². The number of aliphatic carboxylic acids is 1. The average Bonchev–Trinajstić information content (AvgIpc) is 2.86. The Labute approximate surface area is 586 Å². The van der Waals surface area contributed by atoms with E-state index in [0.29, 0.717) is 23.9 Å². The Bertz CT molecular complexity index is 2030. The molecule has 0 rings (SSSR count). The van der Waals surface area contributed by atoms with Crippen molar-refractivity contribution in [3.8, 4) is 0 Å². The summed E-state index contributed by atoms with van der Waals surface area (Å²) in [7, 11) is 5.98. The largest absolute Gasteiger partial charge is 0.477 e. The number of hydrogen-bond acceptors (Lipinski definition) is 7. The molecule has 0 saturated carbocycles. The molecular formula is C86H148NO8+. The Kier molecular flexibility index (Phi) is 71.6. The predicted molar refractivity (Wildman–Crippen MR) is 410 cm³/mol. The summed E-state index contributed by atoms with van der Waals surface area (Å²) < 4.78 is 23.0. The highest BCUT2D eigenvalue weighted by molar-refractivity contribution is 5.71. The summed E-state index contributed by atoms with van der Waals surface area (Å²) >= 11 is 0. The highest BCUT2D eigenvalue weighted by atomic mass is 16.7. The number of allylic oxidation sites excluding steroid dienone is 22. The normalized spacial score (nSPS) is 13.4. The van der Waals surface area contributed by atoms with E-state index in [9.17, 15) is 19.5 Å². The van der Waals surface area contributed by atoms with Crippen LogP contribution >= 0.6 is 0 Å². The molecule has 0 radical (unpaired) electrons. The summed E-state index contributed by atoms with van der Waals surface area (Å²) in [6.07, 6.45) is 106. The highest BCUT2D eigenvalue weighted by Gasteiger charge is 2.25. The van der Waals surface area contributed by atoms with Crippen LogP contribution in [0.15, 0.2) is 134 Å². The lowest BCUT2D eigenvalue weighted by atomic mass is 10.0. The molecule has 0 amide bonds. The summed E-state index contributed by atoms with van der Waals surface area (Å²) in [4.78, 5) is 37.7. The highest BCUT2D eigenvalue weighted by Crippen LogP contribution is 2.18. The number of likely N-dealkylation sites (N-methyl/N-ethyl adjacent to an activating group) is 1. The predicted octanol–water partition coefficient (Wildman–Crippen LogP) is 25.3. The lowest BCUT2D eigenvalue weighted by Crippen LogP contribution is -2.40. The first-order valence-electron chi connectivity index (χ1n) is 39.3. The van der Waals surface area contributed by atoms with Crippen molar-refractivity contribution in [1.29, 1.82) is 0 Å². The fraction of sp³-hybridized carbons (Fsp3) is 0.709. The van der Waals surface area contributed by atoms with E-state index in [1.807, 2.05) is 21.1 Å². The number of carboxylic acid groups (broad SMARTS) is 1. The molecule has 0 heterocycles. The average molecular weight is 1320 g/mol. The van der Waals surface area contributed by atoms with E-state index in [1.165, 1.54) is 186 Å². The van der Waals surface area contributed by atoms with Gasteiger partial charge in [-0.05, 0) is 109 Å². The number of carbonyl (C=O) groups is 3. The first-order valence-corrected chi connectivity index (χ1v) is 39.3. The zero-order valence-corrected chi connectivity index (χ0v) is 62.3. The van der Waals surface area contributed by atoms with E-state index in [4.69, 9.17) is 18.9 Å². The van der Waals surface area contributed by atoms with E-state index in [-0.39, 0.29) is 32.2 Å². The number of rotatable bonds is 72. The van der Waals surface area contributed by atoms with Crippen LogP contribution in [-0.2, 0) is 33.3 Å². The standard InChI is InChI=1S/C86H147NO8/c1-6-8-10-12-14-16-18-20-22-24-26-28-30-32-34-36-37-38-39-40-41-42-43-44-45-46-47-49-50-52-54-56-58-60-62-64-66-68-70-72-74-76-83(88)93-80-82(81-94-86(85(90)91)92-79-78-87(3,4)5)95-84(89)77-75-73-71-69-67-65-63-61-59-57-55-53-51-48-35-33-31-29-27-25-23-21-19-17-15-13-11-9-7-2/h8-11,14-17,20-23,26-29,32-35,51,53,82,86H,6-7,12-13,18-19,24-25,30-31,36-50,52,54-81H2,1-5H3/p+1/b10-8-,11-9-,16-14-,17-15-,22-20-,23-21-,28-26-,29-27-,34-32-,35-33-,53-51-. The fourth-order valence-corrected chi connectivity index (χ4v) is 11.0. The maximum atomic E-state index is 13.0. The number of unbranched alkanes of at least 4 members (excludes halogenated alkanes) is 35. The Balaban J connectivity index is 4.00. The van der Waals surface area contributed by atoms with Crippen molar-refractivity contribution in [3.63, 3.8) is 0 Å². The second-order valence-corrected chi connectivity index (χ2v) is 27.3. The molecule has 95 heavy (non-hydrogen) atoms. The third-order valence-corrected chi connectivity index (χ3v) is 16.9. The van der Waals surface area contributed by atoms with Gasteiger partial charge in [0.05, 0.1) is 34.4 Å². The Morgan fingerprint density at radius 1 is 0.316 bits per heavy atom. The third kappa shape index (κ3) is 76.7. The Morgan fingerprint density at radius 2 is 0.568 bits per heavy atom. The van der Waals surface area contributed by atoms with Gasteiger partial charge in [0.1, 0.15) is 13.2 Å². The summed E-state index contributed by atoms with van der Waals surface area (Å²) in [5, 5.41) is 9.77. The van der Waals surface area contributed by atoms with Gasteiger partial charge in [0.2, 0.25) is 0 Å². The molecule has 9 nitrogen and oxygen atoms in total. The van der Waals surface area contributed by atoms with Gasteiger partial charge in [0.15, 0.2) is 6.10 Å². The number of carbonyl (C=O) groups excluding carboxylic acids is 2. The smallest absolute Gasteiger partial charge is 0.361 e. The van der Waals surface area contributed by atoms with Crippen LogP contribution in [0, 0.1) is 0 Å².